The summed E-state index contributed by atoms with van der Waals surface area (Å²) in [5.41, 5.74) is 0.880. The molecule has 4 N–H and O–H groups in total. The largest absolute Gasteiger partial charge is 0.477 e. The first-order valence-electron chi connectivity index (χ1n) is 6.64. The number of carboxylic acid groups (broad SMARTS) is 1. The number of carbonyl (C=O) groups excluding carboxylic acids is 1. The Kier molecular flexibility index (Phi) is 4.29. The Bertz CT molecular complexity index is 512. The summed E-state index contributed by atoms with van der Waals surface area (Å²) in [5.74, 6) is -1.12. The van der Waals surface area contributed by atoms with Crippen molar-refractivity contribution in [3.05, 3.63) is 17.5 Å². The molecule has 1 aromatic rings. The van der Waals surface area contributed by atoms with Crippen molar-refractivity contribution < 1.29 is 19.8 Å². The third-order valence-electron chi connectivity index (χ3n) is 3.51. The number of piperidine rings is 1. The van der Waals surface area contributed by atoms with Gasteiger partial charge in [-0.25, -0.2) is 9.59 Å². The summed E-state index contributed by atoms with van der Waals surface area (Å²) in [6.07, 6.45) is 2.64. The van der Waals surface area contributed by atoms with E-state index in [4.69, 9.17) is 5.11 Å². The zero-order valence-corrected chi connectivity index (χ0v) is 11.3. The highest BCUT2D eigenvalue weighted by Crippen LogP contribution is 2.21. The lowest BCUT2D eigenvalue weighted by atomic mass is 10.0. The van der Waals surface area contributed by atoms with Crippen LogP contribution in [0.5, 0.6) is 0 Å². The number of likely N-dealkylation sites (tertiary alicyclic amines) is 1. The van der Waals surface area contributed by atoms with Gasteiger partial charge in [0.05, 0.1) is 18.3 Å². The molecule has 0 radical (unpaired) electrons. The number of nitrogens with one attached hydrogen (secondary N) is 2. The number of aromatic carboxylic acids is 1. The highest BCUT2D eigenvalue weighted by Gasteiger charge is 2.27. The number of aryl methyl sites for hydroxylation is 1. The van der Waals surface area contributed by atoms with Crippen LogP contribution in [0.15, 0.2) is 6.07 Å². The van der Waals surface area contributed by atoms with E-state index < -0.39 is 5.97 Å². The zero-order chi connectivity index (χ0) is 14.7. The van der Waals surface area contributed by atoms with Gasteiger partial charge in [-0.15, -0.1) is 0 Å². The van der Waals surface area contributed by atoms with Gasteiger partial charge in [-0.05, 0) is 32.3 Å². The van der Waals surface area contributed by atoms with Crippen molar-refractivity contribution in [2.45, 2.75) is 32.2 Å². The number of aromatic amines is 1. The number of aliphatic hydroxyl groups excluding tert-OH is 1. The lowest BCUT2D eigenvalue weighted by Crippen LogP contribution is -2.47. The molecule has 1 fully saturated rings. The minimum atomic E-state index is -1.12. The van der Waals surface area contributed by atoms with Crippen LogP contribution in [0.25, 0.3) is 0 Å². The number of nitrogens with zero attached hydrogens (tertiary/aromatic N) is 1. The van der Waals surface area contributed by atoms with E-state index >= 15 is 0 Å². The molecule has 1 aliphatic heterocycles. The van der Waals surface area contributed by atoms with Crippen molar-refractivity contribution in [1.29, 1.82) is 0 Å². The second-order valence-electron chi connectivity index (χ2n) is 5.00. The summed E-state index contributed by atoms with van der Waals surface area (Å²) in [7, 11) is 0. The number of H-pyrrole nitrogens is 1. The van der Waals surface area contributed by atoms with E-state index in [2.05, 4.69) is 10.3 Å². The molecule has 0 bridgehead atoms. The topological polar surface area (TPSA) is 106 Å². The number of anilines is 1. The summed E-state index contributed by atoms with van der Waals surface area (Å²) in [5, 5.41) is 21.0. The molecule has 1 atom stereocenters. The molecule has 0 aliphatic carbocycles. The smallest absolute Gasteiger partial charge is 0.354 e. The maximum Gasteiger partial charge on any atom is 0.354 e. The second kappa shape index (κ2) is 5.96. The number of amides is 2. The van der Waals surface area contributed by atoms with Crippen LogP contribution in [0.4, 0.5) is 10.5 Å². The molecule has 1 aromatic heterocycles. The first-order chi connectivity index (χ1) is 9.52. The summed E-state index contributed by atoms with van der Waals surface area (Å²) >= 11 is 0. The summed E-state index contributed by atoms with van der Waals surface area (Å²) in [6, 6.07) is 1.02. The Morgan fingerprint density at radius 2 is 2.25 bits per heavy atom. The summed E-state index contributed by atoms with van der Waals surface area (Å²) in [4.78, 5) is 27.6. The predicted molar refractivity (Wildman–Crippen MR) is 72.9 cm³/mol. The van der Waals surface area contributed by atoms with Crippen LogP contribution in [0.2, 0.25) is 0 Å². The minimum absolute atomic E-state index is 0.0339. The number of urea groups is 1. The Labute approximate surface area is 116 Å². The monoisotopic (exact) mass is 281 g/mol. The molecule has 7 nitrogen and oxygen atoms in total. The van der Waals surface area contributed by atoms with Gasteiger partial charge in [0.1, 0.15) is 5.69 Å². The average molecular weight is 281 g/mol. The number of aliphatic hydroxyl groups is 1. The number of rotatable bonds is 3. The Balaban J connectivity index is 2.12. The number of aromatic nitrogens is 1. The van der Waals surface area contributed by atoms with E-state index in [1.54, 1.807) is 17.9 Å². The van der Waals surface area contributed by atoms with Gasteiger partial charge in [0.2, 0.25) is 0 Å². The Morgan fingerprint density at radius 1 is 1.50 bits per heavy atom. The summed E-state index contributed by atoms with van der Waals surface area (Å²) in [6.45, 7) is 2.22. The molecular formula is C13H19N3O4. The first-order valence-corrected chi connectivity index (χ1v) is 6.64. The van der Waals surface area contributed by atoms with Gasteiger partial charge < -0.3 is 25.4 Å². The third kappa shape index (κ3) is 2.93. The molecule has 2 heterocycles. The van der Waals surface area contributed by atoms with E-state index in [9.17, 15) is 14.7 Å². The van der Waals surface area contributed by atoms with Gasteiger partial charge in [0, 0.05) is 12.2 Å². The van der Waals surface area contributed by atoms with Gasteiger partial charge in [-0.3, -0.25) is 0 Å². The van der Waals surface area contributed by atoms with Crippen molar-refractivity contribution >= 4 is 17.7 Å². The van der Waals surface area contributed by atoms with Crippen LogP contribution >= 0.6 is 0 Å². The van der Waals surface area contributed by atoms with Crippen molar-refractivity contribution in [2.24, 2.45) is 0 Å². The quantitative estimate of drug-likeness (QED) is 0.672. The molecule has 110 valence electrons. The average Bonchev–Trinajstić information content (AvgIpc) is 2.79. The molecule has 2 rings (SSSR count). The van der Waals surface area contributed by atoms with Crippen LogP contribution in [0, 0.1) is 6.92 Å². The molecule has 7 heteroatoms. The lowest BCUT2D eigenvalue weighted by molar-refractivity contribution is 0.0692. The third-order valence-corrected chi connectivity index (χ3v) is 3.51. The lowest BCUT2D eigenvalue weighted by Gasteiger charge is -2.34. The molecule has 0 aromatic carbocycles. The predicted octanol–water partition coefficient (Wildman–Crippen LogP) is 1.40. The van der Waals surface area contributed by atoms with E-state index in [1.165, 1.54) is 0 Å². The standard InChI is InChI=1S/C13H19N3O4/c1-8-6-10(11(14-8)12(18)19)15-13(20)16-5-3-2-4-9(16)7-17/h6,9,14,17H,2-5,7H2,1H3,(H,15,20)(H,18,19). The molecule has 0 spiro atoms. The van der Waals surface area contributed by atoms with Crippen LogP contribution < -0.4 is 5.32 Å². The summed E-state index contributed by atoms with van der Waals surface area (Å²) < 4.78 is 0. The van der Waals surface area contributed by atoms with Crippen molar-refractivity contribution in [3.8, 4) is 0 Å². The zero-order valence-electron chi connectivity index (χ0n) is 11.3. The number of hydrogen-bond acceptors (Lipinski definition) is 3. The number of carboxylic acids is 1. The fourth-order valence-corrected chi connectivity index (χ4v) is 2.50. The number of carbonyl (C=O) groups is 2. The highest BCUT2D eigenvalue weighted by atomic mass is 16.4. The molecule has 2 amide bonds. The molecule has 1 unspecified atom stereocenters. The van der Waals surface area contributed by atoms with Crippen LogP contribution in [0.1, 0.15) is 35.4 Å². The van der Waals surface area contributed by atoms with Gasteiger partial charge in [-0.2, -0.15) is 0 Å². The Hall–Kier alpha value is -2.02. The van der Waals surface area contributed by atoms with Gasteiger partial charge >= 0.3 is 12.0 Å². The normalized spacial score (nSPS) is 18.9. The molecule has 1 saturated heterocycles. The van der Waals surface area contributed by atoms with Gasteiger partial charge in [-0.1, -0.05) is 0 Å². The molecule has 0 saturated carbocycles. The van der Waals surface area contributed by atoms with E-state index in [0.29, 0.717) is 12.2 Å². The number of hydrogen-bond donors (Lipinski definition) is 4. The van der Waals surface area contributed by atoms with Gasteiger partial charge in [0.15, 0.2) is 0 Å². The van der Waals surface area contributed by atoms with Gasteiger partial charge in [0.25, 0.3) is 0 Å². The van der Waals surface area contributed by atoms with Crippen LogP contribution in [0.3, 0.4) is 0 Å². The molecule has 1 aliphatic rings. The van der Waals surface area contributed by atoms with Crippen LogP contribution in [-0.4, -0.2) is 51.3 Å². The highest BCUT2D eigenvalue weighted by molar-refractivity contribution is 5.99. The van der Waals surface area contributed by atoms with Crippen molar-refractivity contribution in [2.75, 3.05) is 18.5 Å². The first kappa shape index (κ1) is 14.4. The van der Waals surface area contributed by atoms with Crippen LogP contribution in [-0.2, 0) is 0 Å². The van der Waals surface area contributed by atoms with E-state index in [1.807, 2.05) is 0 Å². The van der Waals surface area contributed by atoms with E-state index in [-0.39, 0.29) is 30.1 Å². The maximum absolute atomic E-state index is 12.2. The molecule has 20 heavy (non-hydrogen) atoms. The second-order valence-corrected chi connectivity index (χ2v) is 5.00. The van der Waals surface area contributed by atoms with Crippen molar-refractivity contribution in [1.82, 2.24) is 9.88 Å². The fourth-order valence-electron chi connectivity index (χ4n) is 2.50. The SMILES string of the molecule is Cc1cc(NC(=O)N2CCCCC2CO)c(C(=O)O)[nH]1. The van der Waals surface area contributed by atoms with Crippen molar-refractivity contribution in [3.63, 3.8) is 0 Å². The Morgan fingerprint density at radius 3 is 2.90 bits per heavy atom. The fraction of sp³-hybridized carbons (Fsp3) is 0.538. The molecular weight excluding hydrogens is 262 g/mol. The van der Waals surface area contributed by atoms with E-state index in [0.717, 1.165) is 19.3 Å². The minimum Gasteiger partial charge on any atom is -0.477 e. The maximum atomic E-state index is 12.2.